The van der Waals surface area contributed by atoms with Gasteiger partial charge in [-0.2, -0.15) is 11.8 Å². The summed E-state index contributed by atoms with van der Waals surface area (Å²) in [5.74, 6) is -0.576. The smallest absolute Gasteiger partial charge is 0.303 e. The number of nitrogens with one attached hydrogen (secondary N) is 2. The Labute approximate surface area is 215 Å². The van der Waals surface area contributed by atoms with Crippen LogP contribution in [0.4, 0.5) is 0 Å². The largest absolute Gasteiger partial charge is 0.481 e. The average Bonchev–Trinajstić information content (AvgIpc) is 2.74. The van der Waals surface area contributed by atoms with Crippen molar-refractivity contribution >= 4 is 35.3 Å². The molecule has 0 saturated carbocycles. The van der Waals surface area contributed by atoms with Gasteiger partial charge in [0.15, 0.2) is 5.78 Å². The van der Waals surface area contributed by atoms with Crippen molar-refractivity contribution in [3.8, 4) is 0 Å². The molecule has 0 aliphatic heterocycles. The zero-order chi connectivity index (χ0) is 27.1. The standard InChI is InChI=1S/C26H48N2O6S/c1-16(2)12-20(8-9-23(30)31)26(34)28-22(24(32)18(5)6)15-35-11-10-21(13-17(3)4)25(33)27-14-19(7)29/h16-22,29H,8-15H2,1-7H3,(H,27,33)(H,28,34)(H,30,31)/t19-,20-,21-,22+/m1/s1. The molecule has 9 heteroatoms. The number of thioether (sulfide) groups is 1. The predicted molar refractivity (Wildman–Crippen MR) is 141 cm³/mol. The normalized spacial score (nSPS) is 15.1. The number of Topliss-reactive ketones (excluding diaryl/α,β-unsaturated/α-hetero) is 1. The van der Waals surface area contributed by atoms with E-state index in [1.165, 1.54) is 11.8 Å². The van der Waals surface area contributed by atoms with Crippen LogP contribution in [-0.4, -0.2) is 64.0 Å². The van der Waals surface area contributed by atoms with Crippen LogP contribution in [0.5, 0.6) is 0 Å². The summed E-state index contributed by atoms with van der Waals surface area (Å²) in [6.45, 7) is 13.5. The second-order valence-electron chi connectivity index (χ2n) is 10.7. The summed E-state index contributed by atoms with van der Waals surface area (Å²) in [5.41, 5.74) is 0. The Morgan fingerprint density at radius 2 is 1.37 bits per heavy atom. The van der Waals surface area contributed by atoms with E-state index in [4.69, 9.17) is 5.11 Å². The molecule has 0 aromatic heterocycles. The van der Waals surface area contributed by atoms with Crippen molar-refractivity contribution in [2.75, 3.05) is 18.1 Å². The maximum Gasteiger partial charge on any atom is 0.303 e. The SMILES string of the molecule is CC(C)C[C@@H](CCSC[C@H](NC(=O)[C@H](CCC(=O)O)CC(C)C)C(=O)C(C)C)C(=O)NC[C@@H](C)O. The van der Waals surface area contributed by atoms with Crippen molar-refractivity contribution in [3.05, 3.63) is 0 Å². The number of carbonyl (C=O) groups excluding carboxylic acids is 3. The maximum absolute atomic E-state index is 13.0. The van der Waals surface area contributed by atoms with Crippen LogP contribution in [-0.2, 0) is 19.2 Å². The lowest BCUT2D eigenvalue weighted by Gasteiger charge is -2.24. The number of amides is 2. The molecule has 0 spiro atoms. The van der Waals surface area contributed by atoms with Gasteiger partial charge >= 0.3 is 5.97 Å². The number of carboxylic acid groups (broad SMARTS) is 1. The molecule has 0 bridgehead atoms. The van der Waals surface area contributed by atoms with E-state index >= 15 is 0 Å². The third-order valence-corrected chi connectivity index (χ3v) is 6.75. The molecule has 8 nitrogen and oxygen atoms in total. The van der Waals surface area contributed by atoms with Gasteiger partial charge in [-0.3, -0.25) is 19.2 Å². The molecule has 0 radical (unpaired) electrons. The molecule has 4 N–H and O–H groups in total. The summed E-state index contributed by atoms with van der Waals surface area (Å²) < 4.78 is 0. The van der Waals surface area contributed by atoms with Crippen molar-refractivity contribution < 1.29 is 29.4 Å². The lowest BCUT2D eigenvalue weighted by molar-refractivity contribution is -0.138. The van der Waals surface area contributed by atoms with E-state index in [0.717, 1.165) is 6.42 Å². The molecule has 0 fully saturated rings. The van der Waals surface area contributed by atoms with Gasteiger partial charge in [0.25, 0.3) is 0 Å². The number of aliphatic hydroxyl groups excluding tert-OH is 1. The Balaban J connectivity index is 5.11. The third kappa shape index (κ3) is 15.9. The Morgan fingerprint density at radius 3 is 1.83 bits per heavy atom. The fourth-order valence-corrected chi connectivity index (χ4v) is 4.96. The topological polar surface area (TPSA) is 133 Å². The van der Waals surface area contributed by atoms with Crippen molar-refractivity contribution in [2.45, 2.75) is 92.7 Å². The van der Waals surface area contributed by atoms with Crippen LogP contribution in [0.15, 0.2) is 0 Å². The van der Waals surface area contributed by atoms with E-state index < -0.39 is 24.0 Å². The number of carboxylic acids is 1. The summed E-state index contributed by atoms with van der Waals surface area (Å²) in [5, 5.41) is 24.2. The minimum Gasteiger partial charge on any atom is -0.481 e. The second-order valence-corrected chi connectivity index (χ2v) is 11.8. The van der Waals surface area contributed by atoms with Gasteiger partial charge < -0.3 is 20.8 Å². The average molecular weight is 517 g/mol. The molecule has 4 atom stereocenters. The van der Waals surface area contributed by atoms with E-state index in [0.29, 0.717) is 30.3 Å². The van der Waals surface area contributed by atoms with Crippen LogP contribution in [0.25, 0.3) is 0 Å². The molecular weight excluding hydrogens is 468 g/mol. The van der Waals surface area contributed by atoms with Crippen LogP contribution < -0.4 is 10.6 Å². The first-order valence-corrected chi connectivity index (χ1v) is 14.0. The first kappa shape index (κ1) is 33.4. The molecule has 0 aliphatic rings. The van der Waals surface area contributed by atoms with Crippen molar-refractivity contribution in [3.63, 3.8) is 0 Å². The monoisotopic (exact) mass is 516 g/mol. The predicted octanol–water partition coefficient (Wildman–Crippen LogP) is 3.51. The number of rotatable bonds is 19. The highest BCUT2D eigenvalue weighted by atomic mass is 32.2. The molecule has 0 unspecified atom stereocenters. The molecule has 204 valence electrons. The van der Waals surface area contributed by atoms with E-state index in [1.54, 1.807) is 20.8 Å². The molecular formula is C26H48N2O6S. The molecule has 35 heavy (non-hydrogen) atoms. The highest BCUT2D eigenvalue weighted by Gasteiger charge is 2.28. The van der Waals surface area contributed by atoms with Crippen molar-refractivity contribution in [1.29, 1.82) is 0 Å². The van der Waals surface area contributed by atoms with Crippen LogP contribution in [0.1, 0.15) is 80.6 Å². The number of hydrogen-bond donors (Lipinski definition) is 4. The fraction of sp³-hybridized carbons (Fsp3) is 0.846. The number of carbonyl (C=O) groups is 4. The fourth-order valence-electron chi connectivity index (χ4n) is 3.85. The summed E-state index contributed by atoms with van der Waals surface area (Å²) >= 11 is 1.53. The highest BCUT2D eigenvalue weighted by Crippen LogP contribution is 2.21. The van der Waals surface area contributed by atoms with Gasteiger partial charge in [-0.05, 0) is 50.2 Å². The first-order chi connectivity index (χ1) is 16.2. The number of aliphatic carboxylic acids is 1. The Hall–Kier alpha value is -1.61. The third-order valence-electron chi connectivity index (χ3n) is 5.66. The molecule has 0 heterocycles. The second kappa shape index (κ2) is 17.8. The Kier molecular flexibility index (Phi) is 16.9. The van der Waals surface area contributed by atoms with Gasteiger partial charge in [-0.25, -0.2) is 0 Å². The van der Waals surface area contributed by atoms with Gasteiger partial charge in [-0.1, -0.05) is 41.5 Å². The van der Waals surface area contributed by atoms with Crippen LogP contribution >= 0.6 is 11.8 Å². The molecule has 0 saturated heterocycles. The Morgan fingerprint density at radius 1 is 0.829 bits per heavy atom. The van der Waals surface area contributed by atoms with Crippen LogP contribution in [0.3, 0.4) is 0 Å². The summed E-state index contributed by atoms with van der Waals surface area (Å²) in [6, 6.07) is -0.653. The molecule has 0 aliphatic carbocycles. The minimum absolute atomic E-state index is 0.0548. The zero-order valence-electron chi connectivity index (χ0n) is 22.6. The van der Waals surface area contributed by atoms with E-state index in [-0.39, 0.29) is 54.7 Å². The summed E-state index contributed by atoms with van der Waals surface area (Å²) in [6.07, 6.45) is 1.49. The summed E-state index contributed by atoms with van der Waals surface area (Å²) in [7, 11) is 0. The lowest BCUT2D eigenvalue weighted by atomic mass is 9.91. The highest BCUT2D eigenvalue weighted by molar-refractivity contribution is 7.99. The minimum atomic E-state index is -0.939. The lowest BCUT2D eigenvalue weighted by Crippen LogP contribution is -2.47. The molecule has 2 amide bonds. The molecule has 0 rings (SSSR count). The van der Waals surface area contributed by atoms with E-state index in [9.17, 15) is 24.3 Å². The Bertz CT molecular complexity index is 666. The van der Waals surface area contributed by atoms with Crippen LogP contribution in [0.2, 0.25) is 0 Å². The summed E-state index contributed by atoms with van der Waals surface area (Å²) in [4.78, 5) is 49.3. The van der Waals surface area contributed by atoms with E-state index in [1.807, 2.05) is 13.8 Å². The van der Waals surface area contributed by atoms with Gasteiger partial charge in [0.2, 0.25) is 11.8 Å². The van der Waals surface area contributed by atoms with Crippen molar-refractivity contribution in [1.82, 2.24) is 10.6 Å². The zero-order valence-corrected chi connectivity index (χ0v) is 23.5. The molecule has 0 aromatic rings. The number of hydrogen-bond acceptors (Lipinski definition) is 6. The van der Waals surface area contributed by atoms with Gasteiger partial charge in [-0.15, -0.1) is 0 Å². The van der Waals surface area contributed by atoms with Crippen molar-refractivity contribution in [2.24, 2.45) is 29.6 Å². The maximum atomic E-state index is 13.0. The van der Waals surface area contributed by atoms with E-state index in [2.05, 4.69) is 24.5 Å². The number of aliphatic hydroxyl groups is 1. The molecule has 0 aromatic carbocycles. The van der Waals surface area contributed by atoms with Gasteiger partial charge in [0, 0.05) is 36.5 Å². The van der Waals surface area contributed by atoms with Crippen LogP contribution in [0, 0.1) is 29.6 Å². The first-order valence-electron chi connectivity index (χ1n) is 12.8. The van der Waals surface area contributed by atoms with Gasteiger partial charge in [0.05, 0.1) is 12.1 Å². The van der Waals surface area contributed by atoms with Gasteiger partial charge in [0.1, 0.15) is 0 Å². The quantitative estimate of drug-likeness (QED) is 0.193. The number of ketones is 1.